The monoisotopic (exact) mass is 422 g/mol. The fourth-order valence-corrected chi connectivity index (χ4v) is 6.64. The van der Waals surface area contributed by atoms with Gasteiger partial charge in [-0.25, -0.2) is 0 Å². The van der Waals surface area contributed by atoms with Crippen molar-refractivity contribution in [1.82, 2.24) is 0 Å². The molecule has 0 amide bonds. The van der Waals surface area contributed by atoms with Crippen molar-refractivity contribution in [2.24, 2.45) is 0 Å². The molecule has 154 valence electrons. The van der Waals surface area contributed by atoms with Crippen LogP contribution in [0.2, 0.25) is 0 Å². The Kier molecular flexibility index (Phi) is 7.72. The van der Waals surface area contributed by atoms with Gasteiger partial charge in [-0.05, 0) is 35.9 Å². The van der Waals surface area contributed by atoms with Crippen LogP contribution in [0.15, 0.2) is 121 Å². The second-order valence-electron chi connectivity index (χ2n) is 7.62. The fourth-order valence-electron chi connectivity index (χ4n) is 3.93. The largest absolute Gasteiger partial charge is 0.419 e. The highest BCUT2D eigenvalue weighted by atomic mass is 31.1. The summed E-state index contributed by atoms with van der Waals surface area (Å²) in [6.07, 6.45) is 2.10. The normalized spacial score (nSPS) is 11.9. The van der Waals surface area contributed by atoms with Gasteiger partial charge >= 0.3 is 6.92 Å². The third kappa shape index (κ3) is 5.53. The Morgan fingerprint density at radius 2 is 1.00 bits per heavy atom. The summed E-state index contributed by atoms with van der Waals surface area (Å²) < 4.78 is 7.06. The van der Waals surface area contributed by atoms with Crippen molar-refractivity contribution < 1.29 is 4.65 Å². The Balaban J connectivity index is 1.76. The lowest BCUT2D eigenvalue weighted by Gasteiger charge is -2.32. The van der Waals surface area contributed by atoms with Gasteiger partial charge in [0, 0.05) is 0 Å². The molecule has 0 spiro atoms. The van der Waals surface area contributed by atoms with Crippen molar-refractivity contribution in [2.75, 3.05) is 0 Å². The molecule has 0 fully saturated rings. The summed E-state index contributed by atoms with van der Waals surface area (Å²) in [7, 11) is -0.656. The van der Waals surface area contributed by atoms with Gasteiger partial charge in [0.25, 0.3) is 0 Å². The van der Waals surface area contributed by atoms with Crippen molar-refractivity contribution in [3.63, 3.8) is 0 Å². The van der Waals surface area contributed by atoms with Gasteiger partial charge in [0.1, 0.15) is 0 Å². The third-order valence-corrected chi connectivity index (χ3v) is 8.05. The van der Waals surface area contributed by atoms with E-state index >= 15 is 0 Å². The minimum absolute atomic E-state index is 0.0867. The fraction of sp³-hybridized carbons (Fsp3) is 0.143. The average Bonchev–Trinajstić information content (AvgIpc) is 2.85. The quantitative estimate of drug-likeness (QED) is 0.270. The number of rotatable bonds is 9. The molecule has 0 radical (unpaired) electrons. The first kappa shape index (κ1) is 21.6. The molecule has 0 aliphatic heterocycles. The molecule has 0 aliphatic rings. The van der Waals surface area contributed by atoms with Gasteiger partial charge in [0.15, 0.2) is 0 Å². The van der Waals surface area contributed by atoms with Crippen LogP contribution in [0.25, 0.3) is 0 Å². The van der Waals surface area contributed by atoms with Crippen molar-refractivity contribution in [2.45, 2.75) is 25.6 Å². The van der Waals surface area contributed by atoms with Crippen molar-refractivity contribution in [3.05, 3.63) is 121 Å². The highest BCUT2D eigenvalue weighted by Crippen LogP contribution is 2.42. The molecule has 0 aliphatic carbocycles. The summed E-state index contributed by atoms with van der Waals surface area (Å²) in [5.74, 6) is 0.121. The van der Waals surface area contributed by atoms with Crippen LogP contribution >= 0.6 is 7.92 Å². The van der Waals surface area contributed by atoms with Crippen LogP contribution in [0, 0.1) is 0 Å². The van der Waals surface area contributed by atoms with Gasteiger partial charge < -0.3 is 4.65 Å². The average molecular weight is 422 g/mol. The van der Waals surface area contributed by atoms with E-state index in [1.54, 1.807) is 0 Å². The summed E-state index contributed by atoms with van der Waals surface area (Å²) in [5, 5.41) is 2.73. The first-order valence-electron chi connectivity index (χ1n) is 11.0. The van der Waals surface area contributed by atoms with Crippen molar-refractivity contribution in [3.8, 4) is 0 Å². The van der Waals surface area contributed by atoms with Gasteiger partial charge in [-0.2, -0.15) is 0 Å². The van der Waals surface area contributed by atoms with E-state index in [4.69, 9.17) is 4.65 Å². The van der Waals surface area contributed by atoms with E-state index in [1.807, 2.05) is 0 Å². The summed E-state index contributed by atoms with van der Waals surface area (Å²) >= 11 is 0. The molecule has 1 unspecified atom stereocenters. The number of benzene rings is 4. The molecular formula is C28H28BOP. The standard InChI is InChI=1S/C28H28BOP/c1-2-15-28(31(26-20-11-5-12-21-26)27-22-13-6-14-23-27)30-29(24-16-7-3-8-17-24)25-18-9-4-10-19-25/h3-14,16-23,28H,2,15H2,1H3. The molecule has 4 aromatic carbocycles. The molecule has 4 rings (SSSR count). The smallest absolute Gasteiger partial charge is 0.362 e. The Morgan fingerprint density at radius 1 is 0.613 bits per heavy atom. The zero-order valence-corrected chi connectivity index (χ0v) is 18.9. The first-order chi connectivity index (χ1) is 15.4. The lowest BCUT2D eigenvalue weighted by Crippen LogP contribution is -2.47. The number of hydrogen-bond donors (Lipinski definition) is 0. The van der Waals surface area contributed by atoms with Crippen molar-refractivity contribution >= 4 is 36.4 Å². The maximum Gasteiger partial charge on any atom is 0.362 e. The summed E-state index contributed by atoms with van der Waals surface area (Å²) in [4.78, 5) is 0. The van der Waals surface area contributed by atoms with Gasteiger partial charge in [-0.1, -0.05) is 135 Å². The molecule has 0 saturated carbocycles. The molecule has 31 heavy (non-hydrogen) atoms. The van der Waals surface area contributed by atoms with Crippen LogP contribution in [-0.4, -0.2) is 12.8 Å². The van der Waals surface area contributed by atoms with Crippen molar-refractivity contribution in [1.29, 1.82) is 0 Å². The Hall–Kier alpha value is -2.67. The Morgan fingerprint density at radius 3 is 1.39 bits per heavy atom. The highest BCUT2D eigenvalue weighted by molar-refractivity contribution is 7.73. The SMILES string of the molecule is CCCC(OB(c1ccccc1)c1ccccc1)P(c1ccccc1)c1ccccc1. The second kappa shape index (κ2) is 11.1. The first-order valence-corrected chi connectivity index (χ1v) is 12.4. The summed E-state index contributed by atoms with van der Waals surface area (Å²) in [5.41, 5.74) is 2.40. The van der Waals surface area contributed by atoms with Crippen LogP contribution in [0.3, 0.4) is 0 Å². The van der Waals surface area contributed by atoms with Gasteiger partial charge in [0.05, 0.1) is 5.85 Å². The van der Waals surface area contributed by atoms with E-state index in [-0.39, 0.29) is 12.8 Å². The lowest BCUT2D eigenvalue weighted by atomic mass is 9.55. The summed E-state index contributed by atoms with van der Waals surface area (Å²) in [6, 6.07) is 43.0. The molecule has 0 N–H and O–H groups in total. The van der Waals surface area contributed by atoms with E-state index < -0.39 is 7.92 Å². The molecule has 0 saturated heterocycles. The zero-order valence-electron chi connectivity index (χ0n) is 18.0. The lowest BCUT2D eigenvalue weighted by molar-refractivity contribution is 0.284. The molecular weight excluding hydrogens is 394 g/mol. The molecule has 0 heterocycles. The molecule has 1 nitrogen and oxygen atoms in total. The summed E-state index contributed by atoms with van der Waals surface area (Å²) in [6.45, 7) is 2.16. The van der Waals surface area contributed by atoms with Gasteiger partial charge in [0.2, 0.25) is 0 Å². The van der Waals surface area contributed by atoms with Crippen LogP contribution < -0.4 is 21.5 Å². The van der Waals surface area contributed by atoms with E-state index in [0.29, 0.717) is 0 Å². The minimum atomic E-state index is -0.656. The van der Waals surface area contributed by atoms with Crippen LogP contribution in [0.4, 0.5) is 0 Å². The maximum atomic E-state index is 7.06. The third-order valence-electron chi connectivity index (χ3n) is 5.39. The molecule has 3 heteroatoms. The second-order valence-corrected chi connectivity index (χ2v) is 9.97. The Labute approximate surface area is 188 Å². The Bertz CT molecular complexity index is 947. The predicted octanol–water partition coefficient (Wildman–Crippen LogP) is 5.07. The van der Waals surface area contributed by atoms with Crippen LogP contribution in [0.5, 0.6) is 0 Å². The topological polar surface area (TPSA) is 9.23 Å². The predicted molar refractivity (Wildman–Crippen MR) is 137 cm³/mol. The molecule has 0 aromatic heterocycles. The van der Waals surface area contributed by atoms with Crippen LogP contribution in [0.1, 0.15) is 19.8 Å². The van der Waals surface area contributed by atoms with E-state index in [9.17, 15) is 0 Å². The number of hydrogen-bond acceptors (Lipinski definition) is 1. The minimum Gasteiger partial charge on any atom is -0.419 e. The van der Waals surface area contributed by atoms with E-state index in [2.05, 4.69) is 128 Å². The van der Waals surface area contributed by atoms with Crippen LogP contribution in [-0.2, 0) is 4.65 Å². The van der Waals surface area contributed by atoms with Gasteiger partial charge in [-0.15, -0.1) is 0 Å². The maximum absolute atomic E-state index is 7.06. The van der Waals surface area contributed by atoms with E-state index in [0.717, 1.165) is 12.8 Å². The highest BCUT2D eigenvalue weighted by Gasteiger charge is 2.31. The molecule has 0 bridgehead atoms. The zero-order chi connectivity index (χ0) is 21.3. The molecule has 4 aromatic rings. The van der Waals surface area contributed by atoms with Gasteiger partial charge in [-0.3, -0.25) is 0 Å². The molecule has 1 atom stereocenters. The van der Waals surface area contributed by atoms with E-state index in [1.165, 1.54) is 21.5 Å².